The Hall–Kier alpha value is -7.99. The highest BCUT2D eigenvalue weighted by atomic mass is 16.5. The van der Waals surface area contributed by atoms with Crippen LogP contribution in [0.25, 0.3) is 0 Å². The van der Waals surface area contributed by atoms with Crippen LogP contribution in [0.4, 0.5) is 11.4 Å². The average Bonchev–Trinajstić information content (AvgIpc) is 4.00. The first kappa shape index (κ1) is 40.4. The molecule has 1 N–H and O–H groups in total. The van der Waals surface area contributed by atoms with Crippen molar-refractivity contribution < 1.29 is 19.0 Å². The predicted octanol–water partition coefficient (Wildman–Crippen LogP) is 9.36. The van der Waals surface area contributed by atoms with Gasteiger partial charge in [0.2, 0.25) is 0 Å². The van der Waals surface area contributed by atoms with Crippen molar-refractivity contribution in [2.45, 2.75) is 44.8 Å². The number of esters is 1. The Morgan fingerprint density at radius 2 is 1.13 bits per heavy atom. The first-order valence-electron chi connectivity index (χ1n) is 20.8. The lowest BCUT2D eigenvalue weighted by atomic mass is 9.84. The fraction of sp³-hybridized carbons (Fsp3) is 0.157. The van der Waals surface area contributed by atoms with E-state index in [4.69, 9.17) is 14.2 Å². The molecule has 0 spiro atoms. The van der Waals surface area contributed by atoms with Crippen molar-refractivity contribution in [2.75, 3.05) is 17.3 Å². The van der Waals surface area contributed by atoms with Gasteiger partial charge in [-0.2, -0.15) is 0 Å². The topological polar surface area (TPSA) is 121 Å². The molecular weight excluding hydrogens is 789 g/mol. The van der Waals surface area contributed by atoms with Crippen molar-refractivity contribution in [3.05, 3.63) is 227 Å². The number of nitrogens with zero attached hydrogens (tertiary/aromatic N) is 7. The Labute approximate surface area is 366 Å². The molecule has 0 fully saturated rings. The number of carbonyl (C=O) groups is 1. The molecule has 6 aromatic carbocycles. The second-order valence-electron chi connectivity index (χ2n) is 15.2. The molecule has 0 radical (unpaired) electrons. The SMILES string of the molecule is COC(=O)C1=C(Nc2ccccc2)C[C@@H](c2cccc(OCc3cn(Cc4ccccc4)nn3)c2)N(c2ccccc2)[C@@H]1c1cccc(OCc2cn(Cc3ccccc3)nn2)c1. The largest absolute Gasteiger partial charge is 0.487 e. The van der Waals surface area contributed by atoms with Crippen molar-refractivity contribution >= 4 is 17.3 Å². The summed E-state index contributed by atoms with van der Waals surface area (Å²) in [5, 5.41) is 21.0. The Bertz CT molecular complexity index is 2780. The van der Waals surface area contributed by atoms with Crippen LogP contribution in [0.3, 0.4) is 0 Å². The molecule has 2 atom stereocenters. The summed E-state index contributed by atoms with van der Waals surface area (Å²) in [6, 6.07) is 55.5. The molecule has 3 heterocycles. The van der Waals surface area contributed by atoms with E-state index in [1.165, 1.54) is 7.11 Å². The third-order valence-electron chi connectivity index (χ3n) is 10.9. The van der Waals surface area contributed by atoms with Gasteiger partial charge in [-0.1, -0.05) is 132 Å². The molecule has 8 aromatic rings. The van der Waals surface area contributed by atoms with E-state index < -0.39 is 12.0 Å². The van der Waals surface area contributed by atoms with Crippen LogP contribution in [0.15, 0.2) is 194 Å². The molecule has 1 aliphatic rings. The van der Waals surface area contributed by atoms with Crippen molar-refractivity contribution in [1.82, 2.24) is 30.0 Å². The number of anilines is 2. The van der Waals surface area contributed by atoms with Crippen molar-refractivity contribution in [1.29, 1.82) is 0 Å². The Morgan fingerprint density at radius 3 is 1.68 bits per heavy atom. The monoisotopic (exact) mass is 834 g/mol. The summed E-state index contributed by atoms with van der Waals surface area (Å²) in [6.07, 6.45) is 4.26. The number of ether oxygens (including phenoxy) is 3. The first-order valence-corrected chi connectivity index (χ1v) is 20.8. The maximum Gasteiger partial charge on any atom is 0.337 e. The van der Waals surface area contributed by atoms with Crippen LogP contribution in [0.1, 0.15) is 52.1 Å². The van der Waals surface area contributed by atoms with Gasteiger partial charge in [0.05, 0.1) is 50.2 Å². The lowest BCUT2D eigenvalue weighted by molar-refractivity contribution is -0.136. The van der Waals surface area contributed by atoms with Gasteiger partial charge < -0.3 is 24.4 Å². The van der Waals surface area contributed by atoms with Gasteiger partial charge in [-0.3, -0.25) is 0 Å². The van der Waals surface area contributed by atoms with E-state index in [9.17, 15) is 4.79 Å². The number of benzene rings is 6. The summed E-state index contributed by atoms with van der Waals surface area (Å²) in [7, 11) is 1.43. The summed E-state index contributed by atoms with van der Waals surface area (Å²) < 4.78 is 22.0. The van der Waals surface area contributed by atoms with Gasteiger partial charge >= 0.3 is 5.97 Å². The Balaban J connectivity index is 1.05. The van der Waals surface area contributed by atoms with Crippen LogP contribution in [0, 0.1) is 0 Å². The van der Waals surface area contributed by atoms with E-state index in [0.717, 1.165) is 45.0 Å². The van der Waals surface area contributed by atoms with Crippen LogP contribution in [0.2, 0.25) is 0 Å². The van der Waals surface area contributed by atoms with E-state index in [0.29, 0.717) is 42.3 Å². The number of carbonyl (C=O) groups excluding carboxylic acids is 1. The van der Waals surface area contributed by atoms with Gasteiger partial charge in [0, 0.05) is 23.5 Å². The third kappa shape index (κ3) is 9.81. The van der Waals surface area contributed by atoms with E-state index in [1.807, 2.05) is 138 Å². The lowest BCUT2D eigenvalue weighted by Crippen LogP contribution is -2.41. The number of hydrogen-bond acceptors (Lipinski definition) is 10. The molecule has 63 heavy (non-hydrogen) atoms. The quantitative estimate of drug-likeness (QED) is 0.0943. The number of aromatic nitrogens is 6. The third-order valence-corrected chi connectivity index (χ3v) is 10.9. The standard InChI is InChI=1S/C51H46N8O4/c1-61-51(60)49-47(52-41-22-10-4-11-23-41)30-48(39-20-14-26-45(28-39)62-35-42-33-57(55-53-42)31-37-16-6-2-7-17-37)59(44-24-12-5-13-25-44)50(49)40-21-15-27-46(29-40)63-36-43-34-58(56-54-43)32-38-18-8-3-9-19-38/h2-29,33-34,48,50,52H,30-32,35-36H2,1H3/t48-,50+/m0/s1. The van der Waals surface area contributed by atoms with Gasteiger partial charge in [0.15, 0.2) is 0 Å². The highest BCUT2D eigenvalue weighted by molar-refractivity contribution is 5.93. The minimum Gasteiger partial charge on any atom is -0.487 e. The number of nitrogens with one attached hydrogen (secondary N) is 1. The van der Waals surface area contributed by atoms with Gasteiger partial charge in [-0.15, -0.1) is 10.2 Å². The van der Waals surface area contributed by atoms with Crippen LogP contribution in [0.5, 0.6) is 11.5 Å². The number of para-hydroxylation sites is 2. The molecule has 1 aliphatic heterocycles. The summed E-state index contributed by atoms with van der Waals surface area (Å²) >= 11 is 0. The molecule has 0 aliphatic carbocycles. The van der Waals surface area contributed by atoms with E-state index >= 15 is 0 Å². The van der Waals surface area contributed by atoms with Crippen LogP contribution < -0.4 is 19.7 Å². The fourth-order valence-corrected chi connectivity index (χ4v) is 7.98. The Kier molecular flexibility index (Phi) is 12.3. The molecule has 0 bridgehead atoms. The summed E-state index contributed by atoms with van der Waals surface area (Å²) in [6.45, 7) is 1.69. The summed E-state index contributed by atoms with van der Waals surface area (Å²) in [5.41, 5.74) is 8.55. The predicted molar refractivity (Wildman–Crippen MR) is 241 cm³/mol. The molecule has 12 nitrogen and oxygen atoms in total. The number of hydrogen-bond donors (Lipinski definition) is 1. The minimum atomic E-state index is -0.607. The van der Waals surface area contributed by atoms with Crippen molar-refractivity contribution in [3.63, 3.8) is 0 Å². The minimum absolute atomic E-state index is 0.213. The maximum absolute atomic E-state index is 14.3. The van der Waals surface area contributed by atoms with Gasteiger partial charge in [0.1, 0.15) is 36.1 Å². The van der Waals surface area contributed by atoms with E-state index in [2.05, 4.69) is 79.4 Å². The van der Waals surface area contributed by atoms with Gasteiger partial charge in [-0.05, 0) is 70.8 Å². The average molecular weight is 835 g/mol. The Morgan fingerprint density at radius 1 is 0.619 bits per heavy atom. The molecule has 2 aromatic heterocycles. The fourth-order valence-electron chi connectivity index (χ4n) is 7.98. The van der Waals surface area contributed by atoms with Crippen molar-refractivity contribution in [3.8, 4) is 11.5 Å². The smallest absolute Gasteiger partial charge is 0.337 e. The van der Waals surface area contributed by atoms with Gasteiger partial charge in [-0.25, -0.2) is 14.2 Å². The summed E-state index contributed by atoms with van der Waals surface area (Å²) in [5.74, 6) is 0.876. The second-order valence-corrected chi connectivity index (χ2v) is 15.2. The van der Waals surface area contributed by atoms with E-state index in [1.54, 1.807) is 4.68 Å². The lowest BCUT2D eigenvalue weighted by Gasteiger charge is -2.46. The molecule has 314 valence electrons. The molecule has 0 amide bonds. The highest BCUT2D eigenvalue weighted by Crippen LogP contribution is 2.49. The normalized spacial score (nSPS) is 14.9. The first-order chi connectivity index (χ1) is 31.1. The van der Waals surface area contributed by atoms with Crippen LogP contribution in [-0.2, 0) is 35.8 Å². The van der Waals surface area contributed by atoms with Crippen LogP contribution >= 0.6 is 0 Å². The number of rotatable bonds is 16. The zero-order valence-electron chi connectivity index (χ0n) is 34.8. The second kappa shape index (κ2) is 19.2. The van der Waals surface area contributed by atoms with Crippen LogP contribution in [-0.4, -0.2) is 43.1 Å². The molecule has 0 saturated heterocycles. The zero-order valence-corrected chi connectivity index (χ0v) is 34.8. The highest BCUT2D eigenvalue weighted by Gasteiger charge is 2.42. The van der Waals surface area contributed by atoms with E-state index in [-0.39, 0.29) is 19.3 Å². The molecule has 0 unspecified atom stereocenters. The summed E-state index contributed by atoms with van der Waals surface area (Å²) in [4.78, 5) is 16.5. The van der Waals surface area contributed by atoms with Crippen molar-refractivity contribution in [2.24, 2.45) is 0 Å². The zero-order chi connectivity index (χ0) is 42.8. The molecule has 9 rings (SSSR count). The van der Waals surface area contributed by atoms with Gasteiger partial charge in [0.25, 0.3) is 0 Å². The molecular formula is C51H46N8O4. The molecule has 0 saturated carbocycles. The number of methoxy groups -OCH3 is 1. The molecule has 12 heteroatoms. The maximum atomic E-state index is 14.3.